The SMILES string of the molecule is C[C@@H](OC(=O)N1CCN(C(=O)O[C@H](C)Oc2cccc(Cl)c2Cl)CC1)Oc1cccc(Cl)c1Cl. The number of halogens is 4. The van der Waals surface area contributed by atoms with E-state index in [1.165, 1.54) is 9.80 Å². The predicted octanol–water partition coefficient (Wildman–Crippen LogP) is 6.34. The number of ether oxygens (including phenoxy) is 4. The van der Waals surface area contributed by atoms with Crippen LogP contribution in [0.2, 0.25) is 20.1 Å². The van der Waals surface area contributed by atoms with Crippen molar-refractivity contribution in [1.82, 2.24) is 9.80 Å². The van der Waals surface area contributed by atoms with E-state index in [9.17, 15) is 9.59 Å². The lowest BCUT2D eigenvalue weighted by molar-refractivity contribution is -0.0478. The first-order valence-electron chi connectivity index (χ1n) is 10.3. The minimum atomic E-state index is -0.900. The first kappa shape index (κ1) is 26.3. The van der Waals surface area contributed by atoms with Gasteiger partial charge in [-0.3, -0.25) is 0 Å². The van der Waals surface area contributed by atoms with Crippen LogP contribution in [0.5, 0.6) is 11.5 Å². The number of rotatable bonds is 6. The summed E-state index contributed by atoms with van der Waals surface area (Å²) in [5, 5.41) is 1.12. The van der Waals surface area contributed by atoms with Gasteiger partial charge in [-0.05, 0) is 24.3 Å². The van der Waals surface area contributed by atoms with Gasteiger partial charge >= 0.3 is 12.2 Å². The molecule has 0 unspecified atom stereocenters. The molecule has 0 spiro atoms. The number of amides is 2. The summed E-state index contributed by atoms with van der Waals surface area (Å²) in [5.41, 5.74) is 0. The maximum absolute atomic E-state index is 12.5. The van der Waals surface area contributed by atoms with Crippen LogP contribution in [-0.2, 0) is 9.47 Å². The van der Waals surface area contributed by atoms with Gasteiger partial charge in [-0.15, -0.1) is 0 Å². The monoisotopic (exact) mass is 550 g/mol. The Morgan fingerprint density at radius 3 is 1.41 bits per heavy atom. The fourth-order valence-corrected chi connectivity index (χ4v) is 3.73. The van der Waals surface area contributed by atoms with Crippen molar-refractivity contribution in [2.24, 2.45) is 0 Å². The van der Waals surface area contributed by atoms with Crippen molar-refractivity contribution in [3.8, 4) is 11.5 Å². The molecule has 0 saturated carbocycles. The molecule has 8 nitrogen and oxygen atoms in total. The highest BCUT2D eigenvalue weighted by molar-refractivity contribution is 6.43. The molecule has 0 bridgehead atoms. The van der Waals surface area contributed by atoms with Crippen molar-refractivity contribution in [3.63, 3.8) is 0 Å². The van der Waals surface area contributed by atoms with Gasteiger partial charge in [-0.1, -0.05) is 58.5 Å². The minimum Gasteiger partial charge on any atom is -0.453 e. The molecule has 1 fully saturated rings. The van der Waals surface area contributed by atoms with Crippen molar-refractivity contribution in [1.29, 1.82) is 0 Å². The average Bonchev–Trinajstić information content (AvgIpc) is 2.80. The smallest absolute Gasteiger partial charge is 0.412 e. The lowest BCUT2D eigenvalue weighted by Gasteiger charge is -2.34. The number of piperazine rings is 1. The molecule has 2 aromatic carbocycles. The highest BCUT2D eigenvalue weighted by Gasteiger charge is 2.28. The molecule has 1 aliphatic rings. The highest BCUT2D eigenvalue weighted by atomic mass is 35.5. The minimum absolute atomic E-state index is 0.232. The zero-order valence-electron chi connectivity index (χ0n) is 18.3. The van der Waals surface area contributed by atoms with Crippen LogP contribution in [0, 0.1) is 0 Å². The Morgan fingerprint density at radius 1 is 0.706 bits per heavy atom. The lowest BCUT2D eigenvalue weighted by Crippen LogP contribution is -2.51. The molecule has 0 radical (unpaired) electrons. The molecule has 0 aliphatic carbocycles. The topological polar surface area (TPSA) is 77.5 Å². The normalized spacial score (nSPS) is 15.4. The first-order chi connectivity index (χ1) is 16.2. The molecule has 12 heteroatoms. The van der Waals surface area contributed by atoms with E-state index in [1.807, 2.05) is 0 Å². The summed E-state index contributed by atoms with van der Waals surface area (Å²) in [6.45, 7) is 4.16. The zero-order chi connectivity index (χ0) is 24.8. The second kappa shape index (κ2) is 11.9. The molecular weight excluding hydrogens is 530 g/mol. The van der Waals surface area contributed by atoms with Crippen LogP contribution in [0.4, 0.5) is 9.59 Å². The zero-order valence-corrected chi connectivity index (χ0v) is 21.3. The van der Waals surface area contributed by atoms with Crippen LogP contribution in [-0.4, -0.2) is 60.7 Å². The summed E-state index contributed by atoms with van der Waals surface area (Å²) in [5.74, 6) is 0.606. The molecule has 2 atom stereocenters. The number of carbonyl (C=O) groups excluding carboxylic acids is 2. The molecule has 3 rings (SSSR count). The van der Waals surface area contributed by atoms with Crippen LogP contribution in [0.15, 0.2) is 36.4 Å². The molecule has 184 valence electrons. The Balaban J connectivity index is 1.43. The third-order valence-corrected chi connectivity index (χ3v) is 6.35. The second-order valence-electron chi connectivity index (χ2n) is 7.22. The van der Waals surface area contributed by atoms with E-state index in [0.29, 0.717) is 21.5 Å². The summed E-state index contributed by atoms with van der Waals surface area (Å²) >= 11 is 24.1. The van der Waals surface area contributed by atoms with Crippen LogP contribution < -0.4 is 9.47 Å². The summed E-state index contributed by atoms with van der Waals surface area (Å²) in [6, 6.07) is 9.83. The van der Waals surface area contributed by atoms with E-state index >= 15 is 0 Å². The van der Waals surface area contributed by atoms with Gasteiger partial charge in [0.05, 0.1) is 10.0 Å². The average molecular weight is 552 g/mol. The molecular formula is C22H22Cl4N2O6. The molecule has 2 amide bonds. The van der Waals surface area contributed by atoms with E-state index in [0.717, 1.165) is 0 Å². The summed E-state index contributed by atoms with van der Waals surface area (Å²) < 4.78 is 21.7. The van der Waals surface area contributed by atoms with Crippen molar-refractivity contribution < 1.29 is 28.5 Å². The predicted molar refractivity (Wildman–Crippen MR) is 129 cm³/mol. The first-order valence-corrected chi connectivity index (χ1v) is 11.8. The van der Waals surface area contributed by atoms with Gasteiger partial charge < -0.3 is 28.7 Å². The van der Waals surface area contributed by atoms with Gasteiger partial charge in [0.2, 0.25) is 12.6 Å². The van der Waals surface area contributed by atoms with Crippen LogP contribution in [0.3, 0.4) is 0 Å². The van der Waals surface area contributed by atoms with Crippen LogP contribution in [0.25, 0.3) is 0 Å². The molecule has 1 aliphatic heterocycles. The van der Waals surface area contributed by atoms with Crippen molar-refractivity contribution >= 4 is 58.6 Å². The van der Waals surface area contributed by atoms with Gasteiger partial charge in [0.1, 0.15) is 21.5 Å². The van der Waals surface area contributed by atoms with Crippen molar-refractivity contribution in [2.45, 2.75) is 26.4 Å². The fraction of sp³-hybridized carbons (Fsp3) is 0.364. The largest absolute Gasteiger partial charge is 0.453 e. The number of benzene rings is 2. The molecule has 0 N–H and O–H groups in total. The molecule has 0 aromatic heterocycles. The Hall–Kier alpha value is -2.26. The van der Waals surface area contributed by atoms with Gasteiger partial charge in [-0.2, -0.15) is 0 Å². The van der Waals surface area contributed by atoms with E-state index in [2.05, 4.69) is 0 Å². The van der Waals surface area contributed by atoms with Crippen LogP contribution >= 0.6 is 46.4 Å². The van der Waals surface area contributed by atoms with Crippen LogP contribution in [0.1, 0.15) is 13.8 Å². The lowest BCUT2D eigenvalue weighted by atomic mass is 10.3. The maximum atomic E-state index is 12.5. The third-order valence-electron chi connectivity index (χ3n) is 4.75. The summed E-state index contributed by atoms with van der Waals surface area (Å²) in [7, 11) is 0. The van der Waals surface area contributed by atoms with Gasteiger partial charge in [0.15, 0.2) is 0 Å². The number of hydrogen-bond donors (Lipinski definition) is 0. The highest BCUT2D eigenvalue weighted by Crippen LogP contribution is 2.33. The Labute approximate surface area is 217 Å². The number of nitrogens with zero attached hydrogens (tertiary/aromatic N) is 2. The number of hydrogen-bond acceptors (Lipinski definition) is 6. The third kappa shape index (κ3) is 6.88. The van der Waals surface area contributed by atoms with Crippen molar-refractivity contribution in [3.05, 3.63) is 56.5 Å². The quantitative estimate of drug-likeness (QED) is 0.390. The van der Waals surface area contributed by atoms with Gasteiger partial charge in [0, 0.05) is 40.0 Å². The standard InChI is InChI=1S/C22H22Cl4N2O6/c1-13(31-17-7-3-5-15(23)19(17)25)33-21(29)27-9-11-28(12-10-27)22(30)34-14(2)32-18-8-4-6-16(24)20(18)26/h3-8,13-14H,9-12H2,1-2H3/t13-,14-/m1/s1. The van der Waals surface area contributed by atoms with E-state index in [-0.39, 0.29) is 36.2 Å². The summed E-state index contributed by atoms with van der Waals surface area (Å²) in [4.78, 5) is 27.8. The molecule has 1 heterocycles. The van der Waals surface area contributed by atoms with Gasteiger partial charge in [0.25, 0.3) is 0 Å². The Kier molecular flexibility index (Phi) is 9.24. The fourth-order valence-electron chi connectivity index (χ4n) is 3.06. The van der Waals surface area contributed by atoms with E-state index in [4.69, 9.17) is 65.4 Å². The second-order valence-corrected chi connectivity index (χ2v) is 8.79. The van der Waals surface area contributed by atoms with Gasteiger partial charge in [-0.25, -0.2) is 9.59 Å². The Morgan fingerprint density at radius 2 is 1.06 bits per heavy atom. The summed E-state index contributed by atoms with van der Waals surface area (Å²) in [6.07, 6.45) is -2.96. The van der Waals surface area contributed by atoms with E-state index < -0.39 is 24.8 Å². The molecule has 2 aromatic rings. The maximum Gasteiger partial charge on any atom is 0.412 e. The number of carbonyl (C=O) groups is 2. The Bertz CT molecular complexity index is 951. The molecule has 34 heavy (non-hydrogen) atoms. The van der Waals surface area contributed by atoms with E-state index in [1.54, 1.807) is 50.2 Å². The van der Waals surface area contributed by atoms with Crippen molar-refractivity contribution in [2.75, 3.05) is 26.2 Å². The molecule has 1 saturated heterocycles.